The summed E-state index contributed by atoms with van der Waals surface area (Å²) >= 11 is 0. The van der Waals surface area contributed by atoms with Crippen LogP contribution in [0.25, 0.3) is 0 Å². The molecule has 0 unspecified atom stereocenters. The fourth-order valence-electron chi connectivity index (χ4n) is 2.24. The van der Waals surface area contributed by atoms with E-state index in [1.807, 2.05) is 0 Å². The summed E-state index contributed by atoms with van der Waals surface area (Å²) in [5.41, 5.74) is 0.853. The summed E-state index contributed by atoms with van der Waals surface area (Å²) in [5.74, 6) is -0.709. The summed E-state index contributed by atoms with van der Waals surface area (Å²) in [4.78, 5) is 34.8. The van der Waals surface area contributed by atoms with E-state index in [-0.39, 0.29) is 35.4 Å². The normalized spacial score (nSPS) is 10.4. The Morgan fingerprint density at radius 3 is 2.37 bits per heavy atom. The van der Waals surface area contributed by atoms with E-state index < -0.39 is 10.8 Å². The number of amides is 2. The lowest BCUT2D eigenvalue weighted by Crippen LogP contribution is -2.18. The van der Waals surface area contributed by atoms with Crippen LogP contribution in [0.2, 0.25) is 0 Å². The first-order valence-electron chi connectivity index (χ1n) is 8.45. The Bertz CT molecular complexity index is 864. The fourth-order valence-corrected chi connectivity index (χ4v) is 2.24. The zero-order chi connectivity index (χ0) is 20.0. The highest BCUT2D eigenvalue weighted by atomic mass is 16.6. The van der Waals surface area contributed by atoms with E-state index in [2.05, 4.69) is 10.6 Å². The Hall–Kier alpha value is -3.42. The summed E-state index contributed by atoms with van der Waals surface area (Å²) in [5, 5.41) is 16.6. The van der Waals surface area contributed by atoms with Crippen molar-refractivity contribution in [2.75, 3.05) is 17.2 Å². The van der Waals surface area contributed by atoms with Crippen molar-refractivity contribution >= 4 is 28.9 Å². The lowest BCUT2D eigenvalue weighted by Gasteiger charge is -2.11. The largest absolute Gasteiger partial charge is 0.487 e. The molecule has 0 radical (unpaired) electrons. The smallest absolute Gasteiger partial charge is 0.311 e. The van der Waals surface area contributed by atoms with Crippen LogP contribution >= 0.6 is 0 Å². The van der Waals surface area contributed by atoms with Gasteiger partial charge in [0, 0.05) is 28.9 Å². The number of hydrogen-bond donors (Lipinski definition) is 2. The third kappa shape index (κ3) is 5.27. The second kappa shape index (κ2) is 8.79. The van der Waals surface area contributed by atoms with Crippen molar-refractivity contribution in [3.8, 4) is 5.75 Å². The number of hydrogen-bond acceptors (Lipinski definition) is 5. The first kappa shape index (κ1) is 19.9. The highest BCUT2D eigenvalue weighted by Gasteiger charge is 2.19. The van der Waals surface area contributed by atoms with Crippen LogP contribution in [-0.2, 0) is 4.79 Å². The van der Waals surface area contributed by atoms with Gasteiger partial charge in [0.15, 0.2) is 5.75 Å². The molecule has 8 nitrogen and oxygen atoms in total. The number of nitrogens with zero attached hydrogens (tertiary/aromatic N) is 1. The Labute approximate surface area is 156 Å². The number of carbonyl (C=O) groups excluding carboxylic acids is 2. The fraction of sp³-hybridized carbons (Fsp3) is 0.263. The Morgan fingerprint density at radius 2 is 1.78 bits per heavy atom. The molecule has 0 saturated carbocycles. The predicted octanol–water partition coefficient (Wildman–Crippen LogP) is 3.84. The van der Waals surface area contributed by atoms with Crippen molar-refractivity contribution in [2.24, 2.45) is 5.92 Å². The predicted molar refractivity (Wildman–Crippen MR) is 102 cm³/mol. The topological polar surface area (TPSA) is 111 Å². The lowest BCUT2D eigenvalue weighted by atomic mass is 10.1. The van der Waals surface area contributed by atoms with E-state index >= 15 is 0 Å². The van der Waals surface area contributed by atoms with E-state index in [9.17, 15) is 19.7 Å². The molecule has 2 aromatic carbocycles. The average Bonchev–Trinajstić information content (AvgIpc) is 2.62. The van der Waals surface area contributed by atoms with Crippen LogP contribution in [0.15, 0.2) is 42.5 Å². The average molecular weight is 371 g/mol. The van der Waals surface area contributed by atoms with Crippen LogP contribution in [0.3, 0.4) is 0 Å². The molecule has 2 rings (SSSR count). The maximum atomic E-state index is 12.4. The van der Waals surface area contributed by atoms with Gasteiger partial charge in [0.05, 0.1) is 11.5 Å². The second-order valence-corrected chi connectivity index (χ2v) is 6.05. The molecule has 142 valence electrons. The maximum Gasteiger partial charge on any atom is 0.311 e. The molecule has 2 N–H and O–H groups in total. The van der Waals surface area contributed by atoms with E-state index in [0.717, 1.165) is 0 Å². The minimum atomic E-state index is -0.593. The van der Waals surface area contributed by atoms with E-state index in [1.165, 1.54) is 18.2 Å². The van der Waals surface area contributed by atoms with Gasteiger partial charge in [-0.05, 0) is 37.3 Å². The Kier molecular flexibility index (Phi) is 6.48. The number of nitro benzene ring substituents is 1. The molecule has 0 aromatic heterocycles. The van der Waals surface area contributed by atoms with E-state index in [4.69, 9.17) is 4.74 Å². The molecular weight excluding hydrogens is 350 g/mol. The van der Waals surface area contributed by atoms with Gasteiger partial charge < -0.3 is 15.4 Å². The minimum Gasteiger partial charge on any atom is -0.487 e. The number of nitrogens with one attached hydrogen (secondary N) is 2. The molecule has 0 saturated heterocycles. The van der Waals surface area contributed by atoms with Gasteiger partial charge in [-0.3, -0.25) is 19.7 Å². The molecule has 0 aliphatic heterocycles. The van der Waals surface area contributed by atoms with Gasteiger partial charge >= 0.3 is 5.69 Å². The number of anilines is 2. The minimum absolute atomic E-state index is 0.109. The first-order valence-corrected chi connectivity index (χ1v) is 8.45. The SMILES string of the molecule is CCOc1ccc(C(=O)Nc2cccc(NC(=O)C(C)C)c2)cc1[N+](=O)[O-]. The molecule has 0 aliphatic rings. The van der Waals surface area contributed by atoms with Gasteiger partial charge in [-0.1, -0.05) is 19.9 Å². The van der Waals surface area contributed by atoms with Crippen LogP contribution in [0.5, 0.6) is 5.75 Å². The molecule has 0 bridgehead atoms. The number of carbonyl (C=O) groups is 2. The number of benzene rings is 2. The molecule has 0 aliphatic carbocycles. The zero-order valence-electron chi connectivity index (χ0n) is 15.3. The number of nitro groups is 1. The van der Waals surface area contributed by atoms with Crippen LogP contribution < -0.4 is 15.4 Å². The van der Waals surface area contributed by atoms with Crippen molar-refractivity contribution in [1.82, 2.24) is 0 Å². The maximum absolute atomic E-state index is 12.4. The van der Waals surface area contributed by atoms with Crippen LogP contribution in [-0.4, -0.2) is 23.3 Å². The molecule has 0 spiro atoms. The van der Waals surface area contributed by atoms with Gasteiger partial charge in [0.25, 0.3) is 5.91 Å². The Balaban J connectivity index is 2.19. The van der Waals surface area contributed by atoms with Crippen LogP contribution in [0.4, 0.5) is 17.1 Å². The molecule has 8 heteroatoms. The van der Waals surface area contributed by atoms with Gasteiger partial charge in [0.1, 0.15) is 0 Å². The van der Waals surface area contributed by atoms with Gasteiger partial charge in [-0.15, -0.1) is 0 Å². The standard InChI is InChI=1S/C19H21N3O5/c1-4-27-17-9-8-13(10-16(17)22(25)26)19(24)21-15-7-5-6-14(11-15)20-18(23)12(2)3/h5-12H,4H2,1-3H3,(H,20,23)(H,21,24). The second-order valence-electron chi connectivity index (χ2n) is 6.05. The molecular formula is C19H21N3O5. The highest BCUT2D eigenvalue weighted by Crippen LogP contribution is 2.28. The third-order valence-electron chi connectivity index (χ3n) is 3.63. The molecule has 27 heavy (non-hydrogen) atoms. The molecule has 2 amide bonds. The summed E-state index contributed by atoms with van der Waals surface area (Å²) in [7, 11) is 0. The highest BCUT2D eigenvalue weighted by molar-refractivity contribution is 6.05. The van der Waals surface area contributed by atoms with Crippen molar-refractivity contribution in [3.05, 3.63) is 58.1 Å². The molecule has 0 fully saturated rings. The molecule has 2 aromatic rings. The van der Waals surface area contributed by atoms with Crippen molar-refractivity contribution in [3.63, 3.8) is 0 Å². The van der Waals surface area contributed by atoms with Crippen molar-refractivity contribution in [1.29, 1.82) is 0 Å². The lowest BCUT2D eigenvalue weighted by molar-refractivity contribution is -0.385. The van der Waals surface area contributed by atoms with Crippen LogP contribution in [0, 0.1) is 16.0 Å². The summed E-state index contributed by atoms with van der Waals surface area (Å²) < 4.78 is 5.21. The third-order valence-corrected chi connectivity index (χ3v) is 3.63. The quantitative estimate of drug-likeness (QED) is 0.567. The van der Waals surface area contributed by atoms with Gasteiger partial charge in [0.2, 0.25) is 5.91 Å². The molecule has 0 heterocycles. The van der Waals surface area contributed by atoms with Crippen molar-refractivity contribution in [2.45, 2.75) is 20.8 Å². The number of rotatable bonds is 7. The van der Waals surface area contributed by atoms with Crippen molar-refractivity contribution < 1.29 is 19.2 Å². The van der Waals surface area contributed by atoms with Gasteiger partial charge in [-0.25, -0.2) is 0 Å². The summed E-state index contributed by atoms with van der Waals surface area (Å²) in [6.07, 6.45) is 0. The number of ether oxygens (including phenoxy) is 1. The molecule has 0 atom stereocenters. The Morgan fingerprint density at radius 1 is 1.11 bits per heavy atom. The summed E-state index contributed by atoms with van der Waals surface area (Å²) in [6.45, 7) is 5.55. The monoisotopic (exact) mass is 371 g/mol. The van der Waals surface area contributed by atoms with Gasteiger partial charge in [-0.2, -0.15) is 0 Å². The zero-order valence-corrected chi connectivity index (χ0v) is 15.3. The van der Waals surface area contributed by atoms with E-state index in [1.54, 1.807) is 45.0 Å². The first-order chi connectivity index (χ1) is 12.8. The van der Waals surface area contributed by atoms with E-state index in [0.29, 0.717) is 11.4 Å². The summed E-state index contributed by atoms with van der Waals surface area (Å²) in [6, 6.07) is 10.7. The van der Waals surface area contributed by atoms with Crippen LogP contribution in [0.1, 0.15) is 31.1 Å².